The number of hydrogen-bond acceptors (Lipinski definition) is 2. The molecule has 0 aliphatic heterocycles. The van der Waals surface area contributed by atoms with Crippen LogP contribution >= 0.6 is 0 Å². The third-order valence-corrected chi connectivity index (χ3v) is 2.35. The van der Waals surface area contributed by atoms with Gasteiger partial charge >= 0.3 is 0 Å². The fourth-order valence-electron chi connectivity index (χ4n) is 1.38. The third kappa shape index (κ3) is 5.36. The Morgan fingerprint density at radius 1 is 1.31 bits per heavy atom. The van der Waals surface area contributed by atoms with Crippen molar-refractivity contribution >= 4 is 5.96 Å². The quantitative estimate of drug-likeness (QED) is 0.491. The van der Waals surface area contributed by atoms with Gasteiger partial charge in [-0.3, -0.25) is 4.99 Å². The van der Waals surface area contributed by atoms with Crippen LogP contribution in [0.2, 0.25) is 0 Å². The molecule has 88 valence electrons. The van der Waals surface area contributed by atoms with Crippen molar-refractivity contribution in [1.29, 1.82) is 0 Å². The molecule has 0 fully saturated rings. The zero-order valence-corrected chi connectivity index (χ0v) is 9.69. The molecule has 0 spiro atoms. The molecule has 1 aromatic carbocycles. The van der Waals surface area contributed by atoms with E-state index in [-0.39, 0.29) is 5.96 Å². The van der Waals surface area contributed by atoms with Gasteiger partial charge in [0.25, 0.3) is 0 Å². The van der Waals surface area contributed by atoms with Crippen LogP contribution in [0.1, 0.15) is 18.9 Å². The second-order valence-electron chi connectivity index (χ2n) is 3.86. The summed E-state index contributed by atoms with van der Waals surface area (Å²) in [4.78, 5) is 3.95. The van der Waals surface area contributed by atoms with E-state index in [0.717, 1.165) is 13.0 Å². The summed E-state index contributed by atoms with van der Waals surface area (Å²) >= 11 is 0. The molecule has 4 nitrogen and oxygen atoms in total. The number of nitrogens with zero attached hydrogens (tertiary/aromatic N) is 1. The van der Waals surface area contributed by atoms with Crippen LogP contribution in [0, 0.1) is 0 Å². The van der Waals surface area contributed by atoms with Gasteiger partial charge in [-0.1, -0.05) is 30.3 Å². The smallest absolute Gasteiger partial charge is 0.185 e. The maximum Gasteiger partial charge on any atom is 0.185 e. The summed E-state index contributed by atoms with van der Waals surface area (Å²) in [5.41, 5.74) is 11.8. The molecule has 16 heavy (non-hydrogen) atoms. The fraction of sp³-hybridized carbons (Fsp3) is 0.417. The Morgan fingerprint density at radius 2 is 2.00 bits per heavy atom. The van der Waals surface area contributed by atoms with Gasteiger partial charge in [-0.2, -0.15) is 0 Å². The molecule has 0 saturated carbocycles. The largest absolute Gasteiger partial charge is 0.370 e. The second-order valence-corrected chi connectivity index (χ2v) is 3.86. The molecule has 0 saturated heterocycles. The van der Waals surface area contributed by atoms with Crippen molar-refractivity contribution in [2.24, 2.45) is 16.5 Å². The van der Waals surface area contributed by atoms with Gasteiger partial charge in [-0.05, 0) is 18.9 Å². The average molecular weight is 220 g/mol. The van der Waals surface area contributed by atoms with E-state index in [1.807, 2.05) is 18.2 Å². The van der Waals surface area contributed by atoms with Gasteiger partial charge in [0.2, 0.25) is 0 Å². The Bertz CT molecular complexity index is 317. The van der Waals surface area contributed by atoms with E-state index in [2.05, 4.69) is 29.4 Å². The Labute approximate surface area is 96.7 Å². The molecule has 0 bridgehead atoms. The summed E-state index contributed by atoms with van der Waals surface area (Å²) in [6.07, 6.45) is 0.935. The van der Waals surface area contributed by atoms with Crippen molar-refractivity contribution in [3.8, 4) is 0 Å². The average Bonchev–Trinajstić information content (AvgIpc) is 2.27. The van der Waals surface area contributed by atoms with Gasteiger partial charge in [-0.25, -0.2) is 0 Å². The van der Waals surface area contributed by atoms with Gasteiger partial charge in [0.05, 0.1) is 0 Å². The Kier molecular flexibility index (Phi) is 5.36. The highest BCUT2D eigenvalue weighted by atomic mass is 15.0. The van der Waals surface area contributed by atoms with Crippen molar-refractivity contribution in [1.82, 2.24) is 5.32 Å². The Hall–Kier alpha value is -1.55. The number of nitrogens with two attached hydrogens (primary N) is 2. The van der Waals surface area contributed by atoms with E-state index >= 15 is 0 Å². The molecule has 0 aromatic heterocycles. The lowest BCUT2D eigenvalue weighted by Gasteiger charge is -2.12. The highest BCUT2D eigenvalue weighted by Gasteiger charge is 2.00. The molecule has 1 rings (SSSR count). The van der Waals surface area contributed by atoms with Crippen LogP contribution in [0.4, 0.5) is 0 Å². The molecular weight excluding hydrogens is 200 g/mol. The molecule has 4 heteroatoms. The molecule has 0 aliphatic carbocycles. The lowest BCUT2D eigenvalue weighted by atomic mass is 10.2. The van der Waals surface area contributed by atoms with Gasteiger partial charge < -0.3 is 16.8 Å². The number of nitrogens with one attached hydrogen (secondary N) is 1. The van der Waals surface area contributed by atoms with Crippen LogP contribution in [0.5, 0.6) is 0 Å². The van der Waals surface area contributed by atoms with E-state index in [1.165, 1.54) is 5.56 Å². The minimum Gasteiger partial charge on any atom is -0.370 e. The zero-order valence-electron chi connectivity index (χ0n) is 9.69. The van der Waals surface area contributed by atoms with Crippen molar-refractivity contribution in [2.75, 3.05) is 6.54 Å². The SMILES string of the molecule is CC(CCN=C(N)N)NCc1ccccc1. The van der Waals surface area contributed by atoms with Crippen molar-refractivity contribution in [3.05, 3.63) is 35.9 Å². The van der Waals surface area contributed by atoms with Crippen LogP contribution in [0.25, 0.3) is 0 Å². The first-order valence-corrected chi connectivity index (χ1v) is 5.51. The normalized spacial score (nSPS) is 12.1. The fourth-order valence-corrected chi connectivity index (χ4v) is 1.38. The number of aliphatic imine (C=N–C) groups is 1. The predicted molar refractivity (Wildman–Crippen MR) is 68.0 cm³/mol. The van der Waals surface area contributed by atoms with Crippen molar-refractivity contribution in [3.63, 3.8) is 0 Å². The van der Waals surface area contributed by atoms with Crippen LogP contribution in [-0.4, -0.2) is 18.5 Å². The van der Waals surface area contributed by atoms with E-state index < -0.39 is 0 Å². The van der Waals surface area contributed by atoms with E-state index in [4.69, 9.17) is 11.5 Å². The standard InChI is InChI=1S/C12H20N4/c1-10(7-8-15-12(13)14)16-9-11-5-3-2-4-6-11/h2-6,10,16H,7-9H2,1H3,(H4,13,14,15). The minimum atomic E-state index is 0.162. The summed E-state index contributed by atoms with van der Waals surface area (Å²) < 4.78 is 0. The van der Waals surface area contributed by atoms with Gasteiger partial charge in [0.1, 0.15) is 0 Å². The highest BCUT2D eigenvalue weighted by Crippen LogP contribution is 1.99. The molecular formula is C12H20N4. The molecule has 0 radical (unpaired) electrons. The van der Waals surface area contributed by atoms with Crippen LogP contribution in [0.15, 0.2) is 35.3 Å². The van der Waals surface area contributed by atoms with Gasteiger partial charge in [0, 0.05) is 19.1 Å². The number of hydrogen-bond donors (Lipinski definition) is 3. The topological polar surface area (TPSA) is 76.4 Å². The summed E-state index contributed by atoms with van der Waals surface area (Å²) in [6, 6.07) is 10.7. The molecule has 0 heterocycles. The molecule has 5 N–H and O–H groups in total. The van der Waals surface area contributed by atoms with E-state index in [1.54, 1.807) is 0 Å². The first-order chi connectivity index (χ1) is 7.68. The second kappa shape index (κ2) is 6.85. The van der Waals surface area contributed by atoms with E-state index in [9.17, 15) is 0 Å². The molecule has 0 aliphatic rings. The number of guanidine groups is 1. The lowest BCUT2D eigenvalue weighted by molar-refractivity contribution is 0.520. The van der Waals surface area contributed by atoms with Crippen LogP contribution < -0.4 is 16.8 Å². The Morgan fingerprint density at radius 3 is 2.62 bits per heavy atom. The zero-order chi connectivity index (χ0) is 11.8. The molecule has 0 amide bonds. The first kappa shape index (κ1) is 12.5. The summed E-state index contributed by atoms with van der Waals surface area (Å²) in [7, 11) is 0. The third-order valence-electron chi connectivity index (χ3n) is 2.35. The van der Waals surface area contributed by atoms with Gasteiger partial charge in [0.15, 0.2) is 5.96 Å². The number of benzene rings is 1. The maximum atomic E-state index is 5.25. The van der Waals surface area contributed by atoms with E-state index in [0.29, 0.717) is 12.6 Å². The lowest BCUT2D eigenvalue weighted by Crippen LogP contribution is -2.27. The monoisotopic (exact) mass is 220 g/mol. The minimum absolute atomic E-state index is 0.162. The molecule has 1 atom stereocenters. The molecule has 1 aromatic rings. The van der Waals surface area contributed by atoms with Crippen molar-refractivity contribution < 1.29 is 0 Å². The number of rotatable bonds is 6. The summed E-state index contributed by atoms with van der Waals surface area (Å²) in [6.45, 7) is 3.68. The molecule has 1 unspecified atom stereocenters. The summed E-state index contributed by atoms with van der Waals surface area (Å²) in [5, 5.41) is 3.42. The van der Waals surface area contributed by atoms with Gasteiger partial charge in [-0.15, -0.1) is 0 Å². The highest BCUT2D eigenvalue weighted by molar-refractivity contribution is 5.75. The van der Waals surface area contributed by atoms with Crippen molar-refractivity contribution in [2.45, 2.75) is 25.9 Å². The Balaban J connectivity index is 2.20. The van der Waals surface area contributed by atoms with Crippen LogP contribution in [-0.2, 0) is 6.54 Å². The maximum absolute atomic E-state index is 5.25. The van der Waals surface area contributed by atoms with Crippen LogP contribution in [0.3, 0.4) is 0 Å². The summed E-state index contributed by atoms with van der Waals surface area (Å²) in [5.74, 6) is 0.162. The predicted octanol–water partition coefficient (Wildman–Crippen LogP) is 0.828. The first-order valence-electron chi connectivity index (χ1n) is 5.51.